The van der Waals surface area contributed by atoms with Gasteiger partial charge in [-0.3, -0.25) is 4.79 Å². The van der Waals surface area contributed by atoms with E-state index in [4.69, 9.17) is 0 Å². The lowest BCUT2D eigenvalue weighted by molar-refractivity contribution is -0.133. The van der Waals surface area contributed by atoms with E-state index in [0.29, 0.717) is 19.0 Å². The van der Waals surface area contributed by atoms with Gasteiger partial charge in [0.25, 0.3) is 0 Å². The first-order valence-electron chi connectivity index (χ1n) is 11.3. The molecule has 0 bridgehead atoms. The molecule has 2 aromatic carbocycles. The predicted molar refractivity (Wildman–Crippen MR) is 136 cm³/mol. The molecule has 0 spiro atoms. The van der Waals surface area contributed by atoms with Crippen molar-refractivity contribution in [3.05, 3.63) is 88.1 Å². The number of carbonyl (C=O) groups excluding carboxylic acids is 2. The molecule has 5 nitrogen and oxygen atoms in total. The third kappa shape index (κ3) is 7.19. The number of benzene rings is 2. The van der Waals surface area contributed by atoms with Crippen molar-refractivity contribution in [3.8, 4) is 0 Å². The van der Waals surface area contributed by atoms with Crippen LogP contribution in [0.5, 0.6) is 0 Å². The van der Waals surface area contributed by atoms with Crippen LogP contribution >= 0.6 is 11.3 Å². The topological polar surface area (TPSA) is 52.7 Å². The van der Waals surface area contributed by atoms with Gasteiger partial charge in [-0.25, -0.2) is 4.79 Å². The molecule has 0 saturated heterocycles. The largest absolute Gasteiger partial charge is 0.332 e. The highest BCUT2D eigenvalue weighted by molar-refractivity contribution is 7.09. The first-order valence-corrected chi connectivity index (χ1v) is 12.2. The van der Waals surface area contributed by atoms with Gasteiger partial charge >= 0.3 is 6.03 Å². The minimum atomic E-state index is -0.272. The van der Waals surface area contributed by atoms with E-state index in [1.165, 1.54) is 5.56 Å². The molecule has 0 fully saturated rings. The molecule has 0 radical (unpaired) electrons. The first-order chi connectivity index (χ1) is 15.8. The van der Waals surface area contributed by atoms with Crippen molar-refractivity contribution in [2.45, 2.75) is 52.7 Å². The van der Waals surface area contributed by atoms with E-state index < -0.39 is 0 Å². The number of hydrogen-bond donors (Lipinski definition) is 1. The van der Waals surface area contributed by atoms with Crippen LogP contribution in [0.4, 0.5) is 10.5 Å². The van der Waals surface area contributed by atoms with E-state index in [1.807, 2.05) is 90.9 Å². The highest BCUT2D eigenvalue weighted by Crippen LogP contribution is 2.19. The number of anilines is 1. The van der Waals surface area contributed by atoms with Crippen LogP contribution in [0.2, 0.25) is 0 Å². The van der Waals surface area contributed by atoms with Crippen LogP contribution in [0.25, 0.3) is 0 Å². The number of nitrogens with zero attached hydrogens (tertiary/aromatic N) is 2. The number of urea groups is 1. The van der Waals surface area contributed by atoms with E-state index in [-0.39, 0.29) is 24.5 Å². The second kappa shape index (κ2) is 11.7. The zero-order chi connectivity index (χ0) is 23.8. The monoisotopic (exact) mass is 463 g/mol. The Hall–Kier alpha value is -3.12. The summed E-state index contributed by atoms with van der Waals surface area (Å²) in [6.45, 7) is 9.17. The van der Waals surface area contributed by atoms with Gasteiger partial charge in [-0.1, -0.05) is 62.4 Å². The van der Waals surface area contributed by atoms with Crippen molar-refractivity contribution in [1.29, 1.82) is 0 Å². The maximum Gasteiger partial charge on any atom is 0.322 e. The van der Waals surface area contributed by atoms with Crippen LogP contribution in [0.15, 0.2) is 72.1 Å². The zero-order valence-electron chi connectivity index (χ0n) is 19.8. The molecular weight excluding hydrogens is 430 g/mol. The highest BCUT2D eigenvalue weighted by Gasteiger charge is 2.24. The normalized spacial score (nSPS) is 11.0. The van der Waals surface area contributed by atoms with Gasteiger partial charge in [0.2, 0.25) is 5.91 Å². The van der Waals surface area contributed by atoms with Crippen LogP contribution in [0.1, 0.15) is 49.6 Å². The molecule has 0 unspecified atom stereocenters. The van der Waals surface area contributed by atoms with Crippen molar-refractivity contribution < 1.29 is 9.59 Å². The zero-order valence-corrected chi connectivity index (χ0v) is 20.6. The van der Waals surface area contributed by atoms with E-state index in [0.717, 1.165) is 16.1 Å². The summed E-state index contributed by atoms with van der Waals surface area (Å²) in [5.74, 6) is 0.352. The van der Waals surface area contributed by atoms with Gasteiger partial charge in [0.1, 0.15) is 6.54 Å². The summed E-state index contributed by atoms with van der Waals surface area (Å²) < 4.78 is 0. The summed E-state index contributed by atoms with van der Waals surface area (Å²) >= 11 is 1.63. The van der Waals surface area contributed by atoms with Gasteiger partial charge in [0.15, 0.2) is 0 Å². The molecule has 1 N–H and O–H groups in total. The van der Waals surface area contributed by atoms with E-state index in [9.17, 15) is 9.59 Å². The lowest BCUT2D eigenvalue weighted by atomic mass is 10.0. The van der Waals surface area contributed by atoms with Gasteiger partial charge in [0.05, 0.1) is 6.54 Å². The first kappa shape index (κ1) is 24.5. The quantitative estimate of drug-likeness (QED) is 0.402. The van der Waals surface area contributed by atoms with Crippen molar-refractivity contribution in [1.82, 2.24) is 9.80 Å². The fourth-order valence-electron chi connectivity index (χ4n) is 3.51. The van der Waals surface area contributed by atoms with Crippen LogP contribution in [0.3, 0.4) is 0 Å². The second-order valence-electron chi connectivity index (χ2n) is 8.74. The average Bonchev–Trinajstić information content (AvgIpc) is 3.31. The molecule has 174 valence electrons. The standard InChI is InChI=1S/C27H33N3O2S/c1-20(2)23-12-14-24(15-13-23)28-27(32)30(21(3)4)19-26(31)29(18-25-11-8-16-33-25)17-22-9-6-5-7-10-22/h5-16,20-21H,17-19H2,1-4H3,(H,28,32). The minimum Gasteiger partial charge on any atom is -0.332 e. The van der Waals surface area contributed by atoms with E-state index >= 15 is 0 Å². The highest BCUT2D eigenvalue weighted by atomic mass is 32.1. The average molecular weight is 464 g/mol. The Balaban J connectivity index is 1.71. The van der Waals surface area contributed by atoms with Crippen LogP contribution in [0, 0.1) is 0 Å². The SMILES string of the molecule is CC(C)c1ccc(NC(=O)N(CC(=O)N(Cc2ccccc2)Cc2cccs2)C(C)C)cc1. The predicted octanol–water partition coefficient (Wildman–Crippen LogP) is 6.34. The molecule has 3 amide bonds. The smallest absolute Gasteiger partial charge is 0.322 e. The molecule has 3 rings (SSSR count). The van der Waals surface area contributed by atoms with Gasteiger partial charge < -0.3 is 15.1 Å². The number of carbonyl (C=O) groups is 2. The third-order valence-electron chi connectivity index (χ3n) is 5.51. The fourth-order valence-corrected chi connectivity index (χ4v) is 4.23. The van der Waals surface area contributed by atoms with Crippen LogP contribution < -0.4 is 5.32 Å². The second-order valence-corrected chi connectivity index (χ2v) is 9.78. The minimum absolute atomic E-state index is 0.0196. The third-order valence-corrected chi connectivity index (χ3v) is 6.38. The summed E-state index contributed by atoms with van der Waals surface area (Å²) in [4.78, 5) is 31.0. The van der Waals surface area contributed by atoms with Gasteiger partial charge in [-0.15, -0.1) is 11.3 Å². The Labute approximate surface area is 201 Å². The molecule has 33 heavy (non-hydrogen) atoms. The van der Waals surface area contributed by atoms with Crippen molar-refractivity contribution >= 4 is 29.0 Å². The molecule has 0 atom stereocenters. The summed E-state index contributed by atoms with van der Waals surface area (Å²) in [6, 6.07) is 21.4. The lowest BCUT2D eigenvalue weighted by Crippen LogP contribution is -2.47. The Morgan fingerprint density at radius 3 is 2.15 bits per heavy atom. The van der Waals surface area contributed by atoms with Crippen molar-refractivity contribution in [2.75, 3.05) is 11.9 Å². The summed E-state index contributed by atoms with van der Waals surface area (Å²) in [5.41, 5.74) is 3.00. The molecule has 0 aliphatic carbocycles. The number of hydrogen-bond acceptors (Lipinski definition) is 3. The number of amides is 3. The molecule has 3 aromatic rings. The van der Waals surface area contributed by atoms with E-state index in [1.54, 1.807) is 16.2 Å². The summed E-state index contributed by atoms with van der Waals surface area (Å²) in [6.07, 6.45) is 0. The molecule has 6 heteroatoms. The number of nitrogens with one attached hydrogen (secondary N) is 1. The molecule has 0 aliphatic rings. The van der Waals surface area contributed by atoms with E-state index in [2.05, 4.69) is 19.2 Å². The molecule has 1 heterocycles. The lowest BCUT2D eigenvalue weighted by Gasteiger charge is -2.30. The van der Waals surface area contributed by atoms with Crippen LogP contribution in [-0.2, 0) is 17.9 Å². The van der Waals surface area contributed by atoms with Gasteiger partial charge in [-0.2, -0.15) is 0 Å². The molecule has 0 saturated carbocycles. The van der Waals surface area contributed by atoms with Crippen LogP contribution in [-0.4, -0.2) is 34.3 Å². The maximum absolute atomic E-state index is 13.4. The molecular formula is C27H33N3O2S. The fraction of sp³-hybridized carbons (Fsp3) is 0.333. The Morgan fingerprint density at radius 1 is 0.879 bits per heavy atom. The maximum atomic E-state index is 13.4. The van der Waals surface area contributed by atoms with Crippen molar-refractivity contribution in [3.63, 3.8) is 0 Å². The number of thiophene rings is 1. The summed E-state index contributed by atoms with van der Waals surface area (Å²) in [5, 5.41) is 4.96. The Morgan fingerprint density at radius 2 is 1.58 bits per heavy atom. The van der Waals surface area contributed by atoms with Gasteiger partial charge in [0, 0.05) is 23.2 Å². The van der Waals surface area contributed by atoms with Crippen molar-refractivity contribution in [2.24, 2.45) is 0 Å². The molecule has 0 aliphatic heterocycles. The molecule has 1 aromatic heterocycles. The Kier molecular flexibility index (Phi) is 8.66. The Bertz CT molecular complexity index is 1020. The number of rotatable bonds is 9. The summed E-state index contributed by atoms with van der Waals surface area (Å²) in [7, 11) is 0. The van der Waals surface area contributed by atoms with Gasteiger partial charge in [-0.05, 0) is 54.5 Å².